The van der Waals surface area contributed by atoms with Gasteiger partial charge in [0.15, 0.2) is 0 Å². The van der Waals surface area contributed by atoms with Gasteiger partial charge in [0.25, 0.3) is 5.91 Å². The first-order valence-electron chi connectivity index (χ1n) is 21.0. The average Bonchev–Trinajstić information content (AvgIpc) is 3.75. The number of aromatic amines is 2. The molecule has 4 heterocycles. The van der Waals surface area contributed by atoms with Crippen LogP contribution in [0.15, 0.2) is 79.0 Å². The first-order chi connectivity index (χ1) is 29.5. The fourth-order valence-electron chi connectivity index (χ4n) is 9.46. The van der Waals surface area contributed by atoms with Crippen molar-refractivity contribution in [3.05, 3.63) is 107 Å². The lowest BCUT2D eigenvalue weighted by atomic mass is 10.0. The lowest BCUT2D eigenvalue weighted by molar-refractivity contribution is -0.136. The van der Waals surface area contributed by atoms with Gasteiger partial charge in [0.05, 0.1) is 49.2 Å². The van der Waals surface area contributed by atoms with E-state index in [2.05, 4.69) is 39.4 Å². The van der Waals surface area contributed by atoms with Crippen molar-refractivity contribution in [2.75, 3.05) is 20.8 Å². The Morgan fingerprint density at radius 3 is 2.26 bits per heavy atom. The highest BCUT2D eigenvalue weighted by atomic mass is 16.5. The van der Waals surface area contributed by atoms with E-state index in [0.717, 1.165) is 64.9 Å². The lowest BCUT2D eigenvalue weighted by Gasteiger charge is -2.31. The van der Waals surface area contributed by atoms with Gasteiger partial charge < -0.3 is 39.9 Å². The summed E-state index contributed by atoms with van der Waals surface area (Å²) in [4.78, 5) is 73.1. The smallest absolute Gasteiger partial charge is 0.407 e. The summed E-state index contributed by atoms with van der Waals surface area (Å²) in [6.45, 7) is 6.64. The predicted octanol–water partition coefficient (Wildman–Crippen LogP) is 6.79. The average molecular weight is 823 g/mol. The Hall–Kier alpha value is -6.62. The molecule has 14 nitrogen and oxygen atoms in total. The van der Waals surface area contributed by atoms with Crippen LogP contribution in [0.5, 0.6) is 0 Å². The first kappa shape index (κ1) is 39.8. The van der Waals surface area contributed by atoms with Crippen LogP contribution in [0.25, 0.3) is 22.3 Å². The van der Waals surface area contributed by atoms with E-state index < -0.39 is 24.3 Å². The van der Waals surface area contributed by atoms with Gasteiger partial charge in [-0.25, -0.2) is 19.6 Å². The molecule has 5 aromatic rings. The number of hydrogen-bond donors (Lipinski definition) is 4. The van der Waals surface area contributed by atoms with E-state index in [1.54, 1.807) is 0 Å². The van der Waals surface area contributed by atoms with Crippen molar-refractivity contribution in [2.45, 2.75) is 76.7 Å². The molecule has 2 aliphatic heterocycles. The summed E-state index contributed by atoms with van der Waals surface area (Å²) in [7, 11) is 2.59. The van der Waals surface area contributed by atoms with Gasteiger partial charge in [0.2, 0.25) is 5.91 Å². The molecule has 9 rings (SSSR count). The van der Waals surface area contributed by atoms with E-state index in [1.165, 1.54) is 14.2 Å². The first-order valence-corrected chi connectivity index (χ1v) is 21.0. The molecular formula is C47H50N8O6. The number of hydrogen-bond acceptors (Lipinski definition) is 8. The van der Waals surface area contributed by atoms with E-state index in [1.807, 2.05) is 103 Å². The third-order valence-electron chi connectivity index (χ3n) is 13.2. The van der Waals surface area contributed by atoms with Crippen molar-refractivity contribution in [3.8, 4) is 23.1 Å². The summed E-state index contributed by atoms with van der Waals surface area (Å²) >= 11 is 0. The molecule has 3 aromatic carbocycles. The van der Waals surface area contributed by atoms with Crippen molar-refractivity contribution in [1.29, 1.82) is 0 Å². The summed E-state index contributed by atoms with van der Waals surface area (Å²) in [5, 5.41) is 5.50. The zero-order valence-electron chi connectivity index (χ0n) is 34.9. The van der Waals surface area contributed by atoms with Crippen LogP contribution in [0.1, 0.15) is 92.9 Å². The van der Waals surface area contributed by atoms with Gasteiger partial charge in [-0.3, -0.25) is 9.59 Å². The molecular weight excluding hydrogens is 773 g/mol. The molecule has 2 aliphatic carbocycles. The van der Waals surface area contributed by atoms with Gasteiger partial charge in [0.1, 0.15) is 23.7 Å². The number of rotatable bonds is 9. The number of alkyl carbamates (subject to hydrolysis) is 2. The van der Waals surface area contributed by atoms with Crippen LogP contribution < -0.4 is 10.6 Å². The van der Waals surface area contributed by atoms with Gasteiger partial charge in [-0.05, 0) is 90.3 Å². The molecule has 4 aliphatic rings. The van der Waals surface area contributed by atoms with Gasteiger partial charge >= 0.3 is 12.2 Å². The van der Waals surface area contributed by atoms with Crippen LogP contribution in [-0.4, -0.2) is 86.6 Å². The normalized spacial score (nSPS) is 22.9. The number of nitrogens with zero attached hydrogens (tertiary/aromatic N) is 4. The van der Waals surface area contributed by atoms with E-state index in [4.69, 9.17) is 19.4 Å². The molecule has 1 spiro atoms. The fourth-order valence-corrected chi connectivity index (χ4v) is 9.46. The lowest BCUT2D eigenvalue weighted by Crippen LogP contribution is -2.51. The number of carbonyl (C=O) groups is 4. The van der Waals surface area contributed by atoms with Crippen molar-refractivity contribution in [2.24, 2.45) is 23.2 Å². The number of methoxy groups -OCH3 is 2. The third-order valence-corrected chi connectivity index (χ3v) is 13.2. The maximum absolute atomic E-state index is 14.3. The highest BCUT2D eigenvalue weighted by Crippen LogP contribution is 2.59. The molecule has 4 N–H and O–H groups in total. The molecule has 14 heteroatoms. The molecule has 4 amide bonds. The fraction of sp³-hybridized carbons (Fsp3) is 0.404. The molecule has 4 fully saturated rings. The van der Waals surface area contributed by atoms with Crippen molar-refractivity contribution in [1.82, 2.24) is 40.4 Å². The Labute approximate surface area is 354 Å². The van der Waals surface area contributed by atoms with Crippen LogP contribution in [-0.2, 0) is 19.1 Å². The second kappa shape index (κ2) is 15.8. The van der Waals surface area contributed by atoms with E-state index in [9.17, 15) is 19.2 Å². The summed E-state index contributed by atoms with van der Waals surface area (Å²) in [5.41, 5.74) is 5.86. The minimum atomic E-state index is -0.892. The van der Waals surface area contributed by atoms with Crippen molar-refractivity contribution < 1.29 is 28.7 Å². The number of ether oxygens (including phenoxy) is 2. The highest BCUT2D eigenvalue weighted by Gasteiger charge is 2.61. The highest BCUT2D eigenvalue weighted by molar-refractivity contribution is 5.89. The SMILES string of the molecule is COC(=O)N[C@H](C(=O)N1CC2(CC2)C[C@H]1c1ncc(-c2ccc(C#Cc3ccc4nc([C@@H]5CC6C(C)C6N5C(=O)[C@H](NC(=O)OC)c5ccccc5)[nH]c4c3)cc2)[nH]1)C(C)C. The minimum Gasteiger partial charge on any atom is -0.453 e. The quantitative estimate of drug-likeness (QED) is 0.118. The molecule has 0 radical (unpaired) electrons. The third kappa shape index (κ3) is 7.69. The van der Waals surface area contributed by atoms with Crippen LogP contribution >= 0.6 is 0 Å². The number of nitrogens with one attached hydrogen (secondary N) is 4. The Balaban J connectivity index is 0.895. The van der Waals surface area contributed by atoms with E-state index in [-0.39, 0.29) is 41.3 Å². The number of piperidine rings is 1. The van der Waals surface area contributed by atoms with E-state index >= 15 is 0 Å². The zero-order valence-corrected chi connectivity index (χ0v) is 34.9. The Morgan fingerprint density at radius 1 is 0.852 bits per heavy atom. The topological polar surface area (TPSA) is 175 Å². The molecule has 2 saturated carbocycles. The number of benzene rings is 3. The predicted molar refractivity (Wildman–Crippen MR) is 226 cm³/mol. The maximum atomic E-state index is 14.3. The number of likely N-dealkylation sites (tertiary alicyclic amines) is 2. The Bertz CT molecular complexity index is 2550. The minimum absolute atomic E-state index is 0.0727. The zero-order chi connectivity index (χ0) is 42.6. The molecule has 2 saturated heterocycles. The van der Waals surface area contributed by atoms with Crippen LogP contribution in [0.3, 0.4) is 0 Å². The maximum Gasteiger partial charge on any atom is 0.407 e. The van der Waals surface area contributed by atoms with Crippen molar-refractivity contribution >= 4 is 35.0 Å². The summed E-state index contributed by atoms with van der Waals surface area (Å²) in [6.07, 6.45) is 4.29. The number of imidazole rings is 2. The second-order valence-corrected chi connectivity index (χ2v) is 17.4. The molecule has 314 valence electrons. The Morgan fingerprint density at radius 2 is 1.56 bits per heavy atom. The Kier molecular flexibility index (Phi) is 10.3. The second-order valence-electron chi connectivity index (χ2n) is 17.4. The van der Waals surface area contributed by atoms with E-state index in [0.29, 0.717) is 29.8 Å². The van der Waals surface area contributed by atoms with Crippen LogP contribution in [0.2, 0.25) is 0 Å². The van der Waals surface area contributed by atoms with Crippen LogP contribution in [0.4, 0.5) is 9.59 Å². The summed E-state index contributed by atoms with van der Waals surface area (Å²) in [5.74, 6) is 8.33. The summed E-state index contributed by atoms with van der Waals surface area (Å²) in [6, 6.07) is 21.1. The number of aromatic nitrogens is 4. The van der Waals surface area contributed by atoms with Crippen LogP contribution in [0, 0.1) is 35.0 Å². The number of carbonyl (C=O) groups excluding carboxylic acids is 4. The summed E-state index contributed by atoms with van der Waals surface area (Å²) < 4.78 is 9.69. The largest absolute Gasteiger partial charge is 0.453 e. The molecule has 3 unspecified atom stereocenters. The van der Waals surface area contributed by atoms with Gasteiger partial charge in [0, 0.05) is 23.7 Å². The number of H-pyrrole nitrogens is 2. The standard InChI is InChI=1S/C47H50N8O6/c1-26(2)38(52-45(58)60-4)43(56)54-25-47(19-20-47)23-37(54)41-48-24-35(51-41)30-16-13-28(14-17-30)11-12-29-15-18-33-34(21-29)50-42(49-33)36-22-32-27(3)40(32)55(36)44(57)39(53-46(59)61-5)31-9-7-6-8-10-31/h6-10,13-18,21,24,26-27,32,36-40H,19-20,22-23,25H2,1-5H3,(H,48,51)(H,49,50)(H,52,58)(H,53,59)/t27?,32?,36-,37-,38-,39+,40?/m0/s1. The number of amides is 4. The number of fused-ring (bicyclic) bond motifs is 2. The van der Waals surface area contributed by atoms with Crippen molar-refractivity contribution in [3.63, 3.8) is 0 Å². The van der Waals surface area contributed by atoms with Gasteiger partial charge in [-0.15, -0.1) is 0 Å². The monoisotopic (exact) mass is 822 g/mol. The van der Waals surface area contributed by atoms with Gasteiger partial charge in [-0.2, -0.15) is 0 Å². The molecule has 61 heavy (non-hydrogen) atoms. The molecule has 7 atom stereocenters. The van der Waals surface area contributed by atoms with Gasteiger partial charge in [-0.1, -0.05) is 75.1 Å². The molecule has 2 aromatic heterocycles. The molecule has 0 bridgehead atoms.